The third-order valence-electron chi connectivity index (χ3n) is 3.53. The van der Waals surface area contributed by atoms with Crippen LogP contribution in [0.3, 0.4) is 0 Å². The zero-order valence-electron chi connectivity index (χ0n) is 14.1. The molecule has 130 valence electrons. The summed E-state index contributed by atoms with van der Waals surface area (Å²) in [7, 11) is 0. The van der Waals surface area contributed by atoms with Crippen molar-refractivity contribution in [2.24, 2.45) is 0 Å². The van der Waals surface area contributed by atoms with Crippen molar-refractivity contribution in [2.45, 2.75) is 26.8 Å². The van der Waals surface area contributed by atoms with E-state index in [1.807, 2.05) is 50.2 Å². The molecule has 0 fully saturated rings. The van der Waals surface area contributed by atoms with E-state index in [9.17, 15) is 0 Å². The van der Waals surface area contributed by atoms with Crippen LogP contribution in [-0.2, 0) is 13.0 Å². The van der Waals surface area contributed by atoms with Gasteiger partial charge in [0.1, 0.15) is 0 Å². The molecule has 0 amide bonds. The predicted octanol–water partition coefficient (Wildman–Crippen LogP) is 5.12. The summed E-state index contributed by atoms with van der Waals surface area (Å²) in [5.41, 5.74) is 2.25. The molecule has 0 spiro atoms. The average Bonchev–Trinajstić information content (AvgIpc) is 2.57. The topological polar surface area (TPSA) is 30.5 Å². The van der Waals surface area contributed by atoms with Crippen LogP contribution in [0.15, 0.2) is 36.4 Å². The van der Waals surface area contributed by atoms with Gasteiger partial charge in [0.2, 0.25) is 0 Å². The summed E-state index contributed by atoms with van der Waals surface area (Å²) >= 11 is 12.3. The van der Waals surface area contributed by atoms with Crippen molar-refractivity contribution >= 4 is 23.2 Å². The first-order valence-corrected chi connectivity index (χ1v) is 8.92. The van der Waals surface area contributed by atoms with Crippen molar-refractivity contribution in [3.63, 3.8) is 0 Å². The maximum Gasteiger partial charge on any atom is 0.162 e. The highest BCUT2D eigenvalue weighted by atomic mass is 35.5. The number of hydrogen-bond donors (Lipinski definition) is 1. The fourth-order valence-corrected chi connectivity index (χ4v) is 2.70. The van der Waals surface area contributed by atoms with Gasteiger partial charge in [-0.15, -0.1) is 0 Å². The van der Waals surface area contributed by atoms with Crippen LogP contribution < -0.4 is 14.8 Å². The molecule has 0 aliphatic rings. The van der Waals surface area contributed by atoms with Crippen LogP contribution in [0, 0.1) is 0 Å². The molecule has 0 heterocycles. The van der Waals surface area contributed by atoms with Crippen molar-refractivity contribution in [3.8, 4) is 11.5 Å². The lowest BCUT2D eigenvalue weighted by Crippen LogP contribution is -2.17. The van der Waals surface area contributed by atoms with E-state index in [1.165, 1.54) is 5.56 Å². The van der Waals surface area contributed by atoms with Crippen LogP contribution in [0.25, 0.3) is 0 Å². The van der Waals surface area contributed by atoms with Gasteiger partial charge in [0.25, 0.3) is 0 Å². The minimum atomic E-state index is 0.578. The van der Waals surface area contributed by atoms with Gasteiger partial charge in [0.15, 0.2) is 11.5 Å². The Kier molecular flexibility index (Phi) is 7.70. The first-order chi connectivity index (χ1) is 11.6. The summed E-state index contributed by atoms with van der Waals surface area (Å²) < 4.78 is 11.2. The van der Waals surface area contributed by atoms with Gasteiger partial charge in [-0.1, -0.05) is 35.3 Å². The van der Waals surface area contributed by atoms with E-state index in [0.717, 1.165) is 29.3 Å². The quantitative estimate of drug-likeness (QED) is 0.623. The zero-order chi connectivity index (χ0) is 17.4. The minimum absolute atomic E-state index is 0.578. The lowest BCUT2D eigenvalue weighted by Gasteiger charge is -2.14. The van der Waals surface area contributed by atoms with Crippen molar-refractivity contribution in [1.29, 1.82) is 0 Å². The van der Waals surface area contributed by atoms with Crippen LogP contribution in [0.1, 0.15) is 25.0 Å². The lowest BCUT2D eigenvalue weighted by molar-refractivity contribution is 0.287. The molecule has 0 saturated carbocycles. The molecule has 0 bridgehead atoms. The van der Waals surface area contributed by atoms with Crippen LogP contribution >= 0.6 is 23.2 Å². The third kappa shape index (κ3) is 5.59. The monoisotopic (exact) mass is 367 g/mol. The third-order valence-corrected chi connectivity index (χ3v) is 4.14. The largest absolute Gasteiger partial charge is 0.490 e. The van der Waals surface area contributed by atoms with Crippen LogP contribution in [0.5, 0.6) is 11.5 Å². The molecule has 2 aromatic carbocycles. The second kappa shape index (κ2) is 9.77. The first kappa shape index (κ1) is 18.9. The van der Waals surface area contributed by atoms with Crippen LogP contribution in [0.2, 0.25) is 10.0 Å². The molecule has 0 aromatic heterocycles. The SMILES string of the molecule is CCOc1cc(Cl)c(CNCCc2ccc(Cl)cc2)cc1OCC. The molecule has 0 aliphatic carbocycles. The summed E-state index contributed by atoms with van der Waals surface area (Å²) in [5.74, 6) is 1.42. The maximum absolute atomic E-state index is 6.36. The predicted molar refractivity (Wildman–Crippen MR) is 101 cm³/mol. The Bertz CT molecular complexity index is 645. The Balaban J connectivity index is 1.93. The fourth-order valence-electron chi connectivity index (χ4n) is 2.36. The normalized spacial score (nSPS) is 10.7. The molecule has 1 N–H and O–H groups in total. The Morgan fingerprint density at radius 1 is 0.917 bits per heavy atom. The van der Waals surface area contributed by atoms with E-state index in [4.69, 9.17) is 32.7 Å². The second-order valence-corrected chi connectivity index (χ2v) is 6.15. The molecule has 0 aliphatic heterocycles. The first-order valence-electron chi connectivity index (χ1n) is 8.17. The molecule has 3 nitrogen and oxygen atoms in total. The molecule has 2 aromatic rings. The number of hydrogen-bond acceptors (Lipinski definition) is 3. The molecule has 0 atom stereocenters. The van der Waals surface area contributed by atoms with Gasteiger partial charge in [-0.05, 0) is 56.1 Å². The summed E-state index contributed by atoms with van der Waals surface area (Å²) in [5, 5.41) is 4.85. The van der Waals surface area contributed by atoms with Gasteiger partial charge in [0.05, 0.1) is 13.2 Å². The van der Waals surface area contributed by atoms with Gasteiger partial charge in [-0.25, -0.2) is 0 Å². The van der Waals surface area contributed by atoms with E-state index in [0.29, 0.717) is 30.5 Å². The number of benzene rings is 2. The molecule has 5 heteroatoms. The Morgan fingerprint density at radius 3 is 2.17 bits per heavy atom. The van der Waals surface area contributed by atoms with Gasteiger partial charge >= 0.3 is 0 Å². The summed E-state index contributed by atoms with van der Waals surface area (Å²) in [6.07, 6.45) is 0.935. The number of ether oxygens (including phenoxy) is 2. The highest BCUT2D eigenvalue weighted by molar-refractivity contribution is 6.31. The van der Waals surface area contributed by atoms with Crippen LogP contribution in [0.4, 0.5) is 0 Å². The maximum atomic E-state index is 6.36. The Labute approximate surface area is 153 Å². The summed E-state index contributed by atoms with van der Waals surface area (Å²) in [6, 6.07) is 11.7. The molecule has 0 radical (unpaired) electrons. The highest BCUT2D eigenvalue weighted by Crippen LogP contribution is 2.33. The van der Waals surface area contributed by atoms with Gasteiger partial charge in [-0.3, -0.25) is 0 Å². The highest BCUT2D eigenvalue weighted by Gasteiger charge is 2.10. The van der Waals surface area contributed by atoms with Crippen molar-refractivity contribution in [3.05, 3.63) is 57.6 Å². The molecule has 0 saturated heterocycles. The van der Waals surface area contributed by atoms with Crippen molar-refractivity contribution in [1.82, 2.24) is 5.32 Å². The molecule has 2 rings (SSSR count). The molecular weight excluding hydrogens is 345 g/mol. The van der Waals surface area contributed by atoms with Crippen molar-refractivity contribution in [2.75, 3.05) is 19.8 Å². The summed E-state index contributed by atoms with van der Waals surface area (Å²) in [6.45, 7) is 6.60. The second-order valence-electron chi connectivity index (χ2n) is 5.31. The number of nitrogens with one attached hydrogen (secondary N) is 1. The van der Waals surface area contributed by atoms with E-state index in [1.54, 1.807) is 0 Å². The smallest absolute Gasteiger partial charge is 0.162 e. The van der Waals surface area contributed by atoms with E-state index >= 15 is 0 Å². The average molecular weight is 368 g/mol. The number of rotatable bonds is 9. The van der Waals surface area contributed by atoms with E-state index in [2.05, 4.69) is 5.32 Å². The minimum Gasteiger partial charge on any atom is -0.490 e. The van der Waals surface area contributed by atoms with Gasteiger partial charge < -0.3 is 14.8 Å². The van der Waals surface area contributed by atoms with Gasteiger partial charge in [0, 0.05) is 22.7 Å². The number of halogens is 2. The Hall–Kier alpha value is -1.42. The fraction of sp³-hybridized carbons (Fsp3) is 0.368. The summed E-state index contributed by atoms with van der Waals surface area (Å²) in [4.78, 5) is 0. The molecule has 0 unspecified atom stereocenters. The van der Waals surface area contributed by atoms with Crippen molar-refractivity contribution < 1.29 is 9.47 Å². The van der Waals surface area contributed by atoms with E-state index in [-0.39, 0.29) is 0 Å². The van der Waals surface area contributed by atoms with E-state index < -0.39 is 0 Å². The van der Waals surface area contributed by atoms with Gasteiger partial charge in [-0.2, -0.15) is 0 Å². The van der Waals surface area contributed by atoms with Crippen LogP contribution in [-0.4, -0.2) is 19.8 Å². The molecular formula is C19H23Cl2NO2. The molecule has 24 heavy (non-hydrogen) atoms. The standard InChI is InChI=1S/C19H23Cl2NO2/c1-3-23-18-11-15(17(21)12-19(18)24-4-2)13-22-10-9-14-5-7-16(20)8-6-14/h5-8,11-12,22H,3-4,9-10,13H2,1-2H3. The Morgan fingerprint density at radius 2 is 1.54 bits per heavy atom. The zero-order valence-corrected chi connectivity index (χ0v) is 15.6. The lowest BCUT2D eigenvalue weighted by atomic mass is 10.1.